The minimum Gasteiger partial charge on any atom is -0.493 e. The van der Waals surface area contributed by atoms with E-state index in [-0.39, 0.29) is 16.6 Å². The Labute approximate surface area is 170 Å². The fourth-order valence-corrected chi connectivity index (χ4v) is 2.89. The van der Waals surface area contributed by atoms with E-state index >= 15 is 0 Å². The van der Waals surface area contributed by atoms with Gasteiger partial charge in [-0.25, -0.2) is 0 Å². The fourth-order valence-electron chi connectivity index (χ4n) is 2.70. The molecule has 0 saturated carbocycles. The Morgan fingerprint density at radius 2 is 1.93 bits per heavy atom. The number of nitrogens with one attached hydrogen (secondary N) is 1. The first kappa shape index (κ1) is 21.7. The number of benzene rings is 2. The number of hydrogen-bond donors (Lipinski definition) is 1. The molecule has 2 rings (SSSR count). The number of ether oxygens (including phenoxy) is 1. The van der Waals surface area contributed by atoms with Gasteiger partial charge in [-0.2, -0.15) is 0 Å². The zero-order valence-electron chi connectivity index (χ0n) is 16.5. The van der Waals surface area contributed by atoms with E-state index in [2.05, 4.69) is 5.32 Å². The molecule has 0 bridgehead atoms. The third-order valence-corrected chi connectivity index (χ3v) is 4.88. The van der Waals surface area contributed by atoms with E-state index in [4.69, 9.17) is 16.3 Å². The summed E-state index contributed by atoms with van der Waals surface area (Å²) in [5, 5.41) is 13.8. The lowest BCUT2D eigenvalue weighted by Crippen LogP contribution is -2.31. The van der Waals surface area contributed by atoms with Gasteiger partial charge in [0.2, 0.25) is 5.91 Å². The Balaban J connectivity index is 1.91. The molecule has 7 heteroatoms. The number of nitro groups is 1. The van der Waals surface area contributed by atoms with Gasteiger partial charge in [0.25, 0.3) is 5.69 Å². The van der Waals surface area contributed by atoms with Crippen LogP contribution in [0.2, 0.25) is 5.02 Å². The predicted molar refractivity (Wildman–Crippen MR) is 111 cm³/mol. The van der Waals surface area contributed by atoms with E-state index in [0.29, 0.717) is 25.1 Å². The molecule has 2 aromatic rings. The van der Waals surface area contributed by atoms with E-state index in [1.165, 1.54) is 12.1 Å². The van der Waals surface area contributed by atoms with Crippen molar-refractivity contribution in [2.75, 3.05) is 11.9 Å². The van der Waals surface area contributed by atoms with Crippen LogP contribution in [0.1, 0.15) is 37.8 Å². The molecule has 0 spiro atoms. The number of carbonyl (C=O) groups excluding carboxylic acids is 1. The largest absolute Gasteiger partial charge is 0.493 e. The lowest BCUT2D eigenvalue weighted by atomic mass is 9.87. The Morgan fingerprint density at radius 1 is 1.21 bits per heavy atom. The summed E-state index contributed by atoms with van der Waals surface area (Å²) < 4.78 is 5.84. The smallest absolute Gasteiger partial charge is 0.289 e. The Kier molecular flexibility index (Phi) is 7.02. The third kappa shape index (κ3) is 5.70. The molecule has 1 N–H and O–H groups in total. The van der Waals surface area contributed by atoms with Crippen molar-refractivity contribution in [3.8, 4) is 5.75 Å². The summed E-state index contributed by atoms with van der Waals surface area (Å²) in [4.78, 5) is 23.0. The van der Waals surface area contributed by atoms with E-state index in [9.17, 15) is 14.9 Å². The van der Waals surface area contributed by atoms with Gasteiger partial charge < -0.3 is 10.1 Å². The number of amides is 1. The number of nitro benzene ring substituents is 1. The molecule has 2 aromatic carbocycles. The molecule has 0 unspecified atom stereocenters. The highest BCUT2D eigenvalue weighted by molar-refractivity contribution is 6.32. The molecule has 0 aromatic heterocycles. The Morgan fingerprint density at radius 3 is 2.61 bits per heavy atom. The molecule has 0 radical (unpaired) electrons. The Bertz CT molecular complexity index is 881. The second kappa shape index (κ2) is 9.06. The SMILES string of the molecule is Cc1ccc(C)c(OCCCC(C)(C)C(=O)Nc2ccc(Cl)c([N+](=O)[O-])c2)c1. The average molecular weight is 405 g/mol. The van der Waals surface area contributed by atoms with Crippen molar-refractivity contribution in [1.82, 2.24) is 0 Å². The molecule has 0 saturated heterocycles. The van der Waals surface area contributed by atoms with Crippen LogP contribution in [0, 0.1) is 29.4 Å². The van der Waals surface area contributed by atoms with Crippen molar-refractivity contribution in [2.45, 2.75) is 40.5 Å². The summed E-state index contributed by atoms with van der Waals surface area (Å²) >= 11 is 5.81. The van der Waals surface area contributed by atoms with E-state index in [1.807, 2.05) is 45.9 Å². The minimum atomic E-state index is -0.653. The second-order valence-corrected chi connectivity index (χ2v) is 7.89. The van der Waals surface area contributed by atoms with Gasteiger partial charge in [0.15, 0.2) is 0 Å². The van der Waals surface area contributed by atoms with Gasteiger partial charge in [0.1, 0.15) is 10.8 Å². The number of anilines is 1. The van der Waals surface area contributed by atoms with E-state index in [0.717, 1.165) is 16.9 Å². The monoisotopic (exact) mass is 404 g/mol. The average Bonchev–Trinajstić information content (AvgIpc) is 2.62. The summed E-state index contributed by atoms with van der Waals surface area (Å²) in [5.41, 5.74) is 1.67. The molecule has 28 heavy (non-hydrogen) atoms. The van der Waals surface area contributed by atoms with E-state index in [1.54, 1.807) is 6.07 Å². The van der Waals surface area contributed by atoms with Crippen molar-refractivity contribution in [3.05, 3.63) is 62.7 Å². The highest BCUT2D eigenvalue weighted by Crippen LogP contribution is 2.30. The highest BCUT2D eigenvalue weighted by atomic mass is 35.5. The number of rotatable bonds is 8. The first-order chi connectivity index (χ1) is 13.1. The van der Waals surface area contributed by atoms with Crippen molar-refractivity contribution in [3.63, 3.8) is 0 Å². The summed E-state index contributed by atoms with van der Waals surface area (Å²) in [6.07, 6.45) is 1.31. The highest BCUT2D eigenvalue weighted by Gasteiger charge is 2.27. The van der Waals surface area contributed by atoms with Crippen LogP contribution in [0.15, 0.2) is 36.4 Å². The van der Waals surface area contributed by atoms with Gasteiger partial charge >= 0.3 is 0 Å². The van der Waals surface area contributed by atoms with Crippen LogP contribution in [-0.2, 0) is 4.79 Å². The maximum Gasteiger partial charge on any atom is 0.289 e. The van der Waals surface area contributed by atoms with Crippen molar-refractivity contribution < 1.29 is 14.5 Å². The van der Waals surface area contributed by atoms with Crippen LogP contribution in [0.4, 0.5) is 11.4 Å². The van der Waals surface area contributed by atoms with Gasteiger partial charge in [-0.15, -0.1) is 0 Å². The van der Waals surface area contributed by atoms with Crippen LogP contribution in [-0.4, -0.2) is 17.4 Å². The number of halogens is 1. The topological polar surface area (TPSA) is 81.5 Å². The maximum absolute atomic E-state index is 12.6. The van der Waals surface area contributed by atoms with Crippen LogP contribution < -0.4 is 10.1 Å². The number of aryl methyl sites for hydroxylation is 2. The molecule has 0 aliphatic rings. The molecular formula is C21H25ClN2O4. The number of carbonyl (C=O) groups is 1. The predicted octanol–water partition coefficient (Wildman–Crippen LogP) is 5.69. The first-order valence-electron chi connectivity index (χ1n) is 9.05. The van der Waals surface area contributed by atoms with Crippen LogP contribution >= 0.6 is 11.6 Å². The molecular weight excluding hydrogens is 380 g/mol. The summed E-state index contributed by atoms with van der Waals surface area (Å²) in [6, 6.07) is 10.3. The molecule has 0 heterocycles. The normalized spacial score (nSPS) is 11.2. The van der Waals surface area contributed by atoms with E-state index < -0.39 is 10.3 Å². The lowest BCUT2D eigenvalue weighted by Gasteiger charge is -2.23. The van der Waals surface area contributed by atoms with Crippen molar-refractivity contribution in [2.24, 2.45) is 5.41 Å². The molecule has 1 amide bonds. The summed E-state index contributed by atoms with van der Waals surface area (Å²) in [6.45, 7) is 8.20. The number of nitrogens with zero attached hydrogens (tertiary/aromatic N) is 1. The van der Waals surface area contributed by atoms with Crippen molar-refractivity contribution in [1.29, 1.82) is 0 Å². The fraction of sp³-hybridized carbons (Fsp3) is 0.381. The zero-order valence-corrected chi connectivity index (χ0v) is 17.3. The second-order valence-electron chi connectivity index (χ2n) is 7.48. The number of hydrogen-bond acceptors (Lipinski definition) is 4. The first-order valence-corrected chi connectivity index (χ1v) is 9.43. The van der Waals surface area contributed by atoms with Crippen molar-refractivity contribution >= 4 is 28.9 Å². The summed E-state index contributed by atoms with van der Waals surface area (Å²) in [5.74, 6) is 0.645. The molecule has 0 aliphatic heterocycles. The van der Waals surface area contributed by atoms with Crippen LogP contribution in [0.5, 0.6) is 5.75 Å². The van der Waals surface area contributed by atoms with Gasteiger partial charge in [-0.3, -0.25) is 14.9 Å². The van der Waals surface area contributed by atoms with Crippen LogP contribution in [0.3, 0.4) is 0 Å². The molecule has 0 fully saturated rings. The quantitative estimate of drug-likeness (QED) is 0.348. The minimum absolute atomic E-state index is 0.0332. The van der Waals surface area contributed by atoms with Gasteiger partial charge in [0.05, 0.1) is 11.5 Å². The molecule has 150 valence electrons. The van der Waals surface area contributed by atoms with Gasteiger partial charge in [0, 0.05) is 17.2 Å². The molecule has 6 nitrogen and oxygen atoms in total. The molecule has 0 atom stereocenters. The zero-order chi connectivity index (χ0) is 20.9. The maximum atomic E-state index is 12.6. The van der Waals surface area contributed by atoms with Gasteiger partial charge in [-0.1, -0.05) is 37.6 Å². The lowest BCUT2D eigenvalue weighted by molar-refractivity contribution is -0.384. The Hall–Kier alpha value is -2.60. The van der Waals surface area contributed by atoms with Gasteiger partial charge in [-0.05, 0) is 56.0 Å². The third-order valence-electron chi connectivity index (χ3n) is 4.56. The molecule has 0 aliphatic carbocycles. The standard InChI is InChI=1S/C21H25ClN2O4/c1-14-6-7-15(2)19(12-14)28-11-5-10-21(3,4)20(25)23-16-8-9-17(22)18(13-16)24(26)27/h6-9,12-13H,5,10-11H2,1-4H3,(H,23,25). The van der Waals surface area contributed by atoms with Crippen LogP contribution in [0.25, 0.3) is 0 Å². The summed E-state index contributed by atoms with van der Waals surface area (Å²) in [7, 11) is 0.